The maximum atomic E-state index is 5.90. The summed E-state index contributed by atoms with van der Waals surface area (Å²) in [5, 5.41) is 0. The van der Waals surface area contributed by atoms with Gasteiger partial charge >= 0.3 is 0 Å². The standard InChI is InChI=1S/C23H29NO/c1-17-15-24(16-18(2)25-17)23-13-12-22(14-23)21-10-8-20(9-11-21)19-6-4-3-5-7-19/h3-11,17-18,22-23H,12-16H2,1-2H3/t17-,18+,22-,23-/m0/s1. The van der Waals surface area contributed by atoms with Crippen LogP contribution in [0.25, 0.3) is 11.1 Å². The zero-order valence-corrected chi connectivity index (χ0v) is 15.4. The van der Waals surface area contributed by atoms with E-state index in [9.17, 15) is 0 Å². The van der Waals surface area contributed by atoms with Gasteiger partial charge in [0.1, 0.15) is 0 Å². The van der Waals surface area contributed by atoms with Crippen LogP contribution in [0.2, 0.25) is 0 Å². The number of rotatable bonds is 3. The highest BCUT2D eigenvalue weighted by Crippen LogP contribution is 2.38. The van der Waals surface area contributed by atoms with Crippen molar-refractivity contribution >= 4 is 0 Å². The molecule has 0 aromatic heterocycles. The summed E-state index contributed by atoms with van der Waals surface area (Å²) in [6.07, 6.45) is 4.67. The second-order valence-electron chi connectivity index (χ2n) is 7.86. The lowest BCUT2D eigenvalue weighted by Gasteiger charge is -2.39. The molecule has 2 nitrogen and oxygen atoms in total. The minimum atomic E-state index is 0.368. The molecule has 2 fully saturated rings. The van der Waals surface area contributed by atoms with E-state index < -0.39 is 0 Å². The topological polar surface area (TPSA) is 12.5 Å². The molecule has 0 spiro atoms. The molecule has 2 aromatic rings. The summed E-state index contributed by atoms with van der Waals surface area (Å²) in [7, 11) is 0. The van der Waals surface area contributed by atoms with E-state index in [2.05, 4.69) is 73.3 Å². The van der Waals surface area contributed by atoms with E-state index in [4.69, 9.17) is 4.74 Å². The van der Waals surface area contributed by atoms with E-state index in [1.165, 1.54) is 36.0 Å². The first-order chi connectivity index (χ1) is 12.2. The van der Waals surface area contributed by atoms with Gasteiger partial charge in [0.25, 0.3) is 0 Å². The van der Waals surface area contributed by atoms with E-state index in [0.29, 0.717) is 18.1 Å². The van der Waals surface area contributed by atoms with E-state index in [1.807, 2.05) is 0 Å². The largest absolute Gasteiger partial charge is 0.373 e. The first-order valence-corrected chi connectivity index (χ1v) is 9.74. The number of hydrogen-bond acceptors (Lipinski definition) is 2. The fraction of sp³-hybridized carbons (Fsp3) is 0.478. The van der Waals surface area contributed by atoms with Crippen molar-refractivity contribution in [1.29, 1.82) is 0 Å². The molecular weight excluding hydrogens is 306 g/mol. The van der Waals surface area contributed by atoms with Crippen molar-refractivity contribution in [1.82, 2.24) is 4.90 Å². The molecule has 0 N–H and O–H groups in total. The van der Waals surface area contributed by atoms with Gasteiger partial charge in [0.15, 0.2) is 0 Å². The Kier molecular flexibility index (Phi) is 4.91. The minimum absolute atomic E-state index is 0.368. The predicted molar refractivity (Wildman–Crippen MR) is 104 cm³/mol. The molecule has 1 aliphatic carbocycles. The first-order valence-electron chi connectivity index (χ1n) is 9.74. The lowest BCUT2D eigenvalue weighted by Crippen LogP contribution is -2.49. The van der Waals surface area contributed by atoms with Gasteiger partial charge in [0.2, 0.25) is 0 Å². The maximum absolute atomic E-state index is 5.90. The Labute approximate surface area is 151 Å². The van der Waals surface area contributed by atoms with Crippen LogP contribution in [-0.4, -0.2) is 36.2 Å². The van der Waals surface area contributed by atoms with Crippen LogP contribution in [0.4, 0.5) is 0 Å². The SMILES string of the molecule is C[C@@H]1CN([C@H]2CC[C@H](c3ccc(-c4ccccc4)cc3)C2)C[C@H](C)O1. The zero-order chi connectivity index (χ0) is 17.2. The van der Waals surface area contributed by atoms with Gasteiger partial charge in [-0.3, -0.25) is 4.90 Å². The van der Waals surface area contributed by atoms with Crippen LogP contribution in [0, 0.1) is 0 Å². The number of morpholine rings is 1. The summed E-state index contributed by atoms with van der Waals surface area (Å²) in [6, 6.07) is 20.7. The molecule has 0 amide bonds. The van der Waals surface area contributed by atoms with Gasteiger partial charge in [-0.1, -0.05) is 54.6 Å². The van der Waals surface area contributed by atoms with E-state index in [1.54, 1.807) is 0 Å². The molecule has 25 heavy (non-hydrogen) atoms. The Morgan fingerprint density at radius 1 is 0.800 bits per heavy atom. The van der Waals surface area contributed by atoms with Crippen molar-refractivity contribution in [2.75, 3.05) is 13.1 Å². The van der Waals surface area contributed by atoms with E-state index in [-0.39, 0.29) is 0 Å². The smallest absolute Gasteiger partial charge is 0.0678 e. The number of benzene rings is 2. The van der Waals surface area contributed by atoms with Crippen molar-refractivity contribution in [3.05, 3.63) is 60.2 Å². The molecular formula is C23H29NO. The quantitative estimate of drug-likeness (QED) is 0.774. The molecule has 2 heteroatoms. The second-order valence-corrected chi connectivity index (χ2v) is 7.86. The van der Waals surface area contributed by atoms with Crippen LogP contribution in [0.1, 0.15) is 44.6 Å². The minimum Gasteiger partial charge on any atom is -0.373 e. The van der Waals surface area contributed by atoms with Crippen molar-refractivity contribution in [3.8, 4) is 11.1 Å². The average Bonchev–Trinajstić information content (AvgIpc) is 3.12. The molecule has 1 heterocycles. The summed E-state index contributed by atoms with van der Waals surface area (Å²) in [4.78, 5) is 2.68. The van der Waals surface area contributed by atoms with Gasteiger partial charge in [0, 0.05) is 19.1 Å². The molecule has 1 saturated carbocycles. The summed E-state index contributed by atoms with van der Waals surface area (Å²) in [5.41, 5.74) is 4.13. The highest BCUT2D eigenvalue weighted by molar-refractivity contribution is 5.63. The average molecular weight is 335 g/mol. The lowest BCUT2D eigenvalue weighted by molar-refractivity contribution is -0.0796. The van der Waals surface area contributed by atoms with Gasteiger partial charge in [0.05, 0.1) is 12.2 Å². The number of hydrogen-bond donors (Lipinski definition) is 0. The molecule has 1 saturated heterocycles. The third-order valence-corrected chi connectivity index (χ3v) is 5.86. The van der Waals surface area contributed by atoms with Crippen molar-refractivity contribution < 1.29 is 4.74 Å². The van der Waals surface area contributed by atoms with Crippen LogP contribution < -0.4 is 0 Å². The zero-order valence-electron chi connectivity index (χ0n) is 15.4. The molecule has 2 aliphatic rings. The van der Waals surface area contributed by atoms with Crippen molar-refractivity contribution in [3.63, 3.8) is 0 Å². The Morgan fingerprint density at radius 3 is 2.12 bits per heavy atom. The van der Waals surface area contributed by atoms with Crippen molar-refractivity contribution in [2.45, 2.75) is 57.3 Å². The van der Waals surface area contributed by atoms with Gasteiger partial charge in [-0.15, -0.1) is 0 Å². The second kappa shape index (κ2) is 7.31. The van der Waals surface area contributed by atoms with Gasteiger partial charge in [-0.25, -0.2) is 0 Å². The van der Waals surface area contributed by atoms with Gasteiger partial charge in [-0.2, -0.15) is 0 Å². The molecule has 4 rings (SSSR count). The maximum Gasteiger partial charge on any atom is 0.0678 e. The van der Waals surface area contributed by atoms with Crippen LogP contribution in [-0.2, 0) is 4.74 Å². The summed E-state index contributed by atoms with van der Waals surface area (Å²) in [5.74, 6) is 0.711. The fourth-order valence-electron chi connectivity index (χ4n) is 4.69. The normalized spacial score (nSPS) is 30.5. The Morgan fingerprint density at radius 2 is 1.44 bits per heavy atom. The third-order valence-electron chi connectivity index (χ3n) is 5.86. The predicted octanol–water partition coefficient (Wildman–Crippen LogP) is 5.10. The molecule has 0 bridgehead atoms. The molecule has 132 valence electrons. The van der Waals surface area contributed by atoms with E-state index >= 15 is 0 Å². The van der Waals surface area contributed by atoms with Crippen LogP contribution in [0.15, 0.2) is 54.6 Å². The highest BCUT2D eigenvalue weighted by atomic mass is 16.5. The molecule has 4 atom stereocenters. The Bertz CT molecular complexity index is 671. The Hall–Kier alpha value is -1.64. The monoisotopic (exact) mass is 335 g/mol. The molecule has 0 radical (unpaired) electrons. The summed E-state index contributed by atoms with van der Waals surface area (Å²) in [6.45, 7) is 6.60. The first kappa shape index (κ1) is 16.8. The molecule has 0 unspecified atom stereocenters. The van der Waals surface area contributed by atoms with Crippen LogP contribution in [0.5, 0.6) is 0 Å². The third kappa shape index (κ3) is 3.80. The number of nitrogens with zero attached hydrogens (tertiary/aromatic N) is 1. The summed E-state index contributed by atoms with van der Waals surface area (Å²) >= 11 is 0. The Balaban J connectivity index is 1.42. The molecule has 1 aliphatic heterocycles. The van der Waals surface area contributed by atoms with Crippen LogP contribution >= 0.6 is 0 Å². The number of ether oxygens (including phenoxy) is 1. The van der Waals surface area contributed by atoms with E-state index in [0.717, 1.165) is 19.1 Å². The van der Waals surface area contributed by atoms with Gasteiger partial charge in [-0.05, 0) is 55.7 Å². The summed E-state index contributed by atoms with van der Waals surface area (Å²) < 4.78 is 5.90. The fourth-order valence-corrected chi connectivity index (χ4v) is 4.69. The highest BCUT2D eigenvalue weighted by Gasteiger charge is 2.33. The van der Waals surface area contributed by atoms with Crippen molar-refractivity contribution in [2.24, 2.45) is 0 Å². The van der Waals surface area contributed by atoms with Gasteiger partial charge < -0.3 is 4.74 Å². The van der Waals surface area contributed by atoms with Crippen LogP contribution in [0.3, 0.4) is 0 Å². The lowest BCUT2D eigenvalue weighted by atomic mass is 9.94. The molecule has 2 aromatic carbocycles.